The van der Waals surface area contributed by atoms with Crippen LogP contribution in [0.25, 0.3) is 0 Å². The average Bonchev–Trinajstić information content (AvgIpc) is 2.30. The van der Waals surface area contributed by atoms with Gasteiger partial charge in [-0.05, 0) is 38.3 Å². The number of hydrogen-bond donors (Lipinski definition) is 1. The van der Waals surface area contributed by atoms with Crippen LogP contribution >= 0.6 is 11.6 Å². The Labute approximate surface area is 108 Å². The molecule has 2 heterocycles. The number of pyridine rings is 1. The number of piperidine rings is 1. The molecule has 1 aliphatic heterocycles. The number of nitrogens with one attached hydrogen (secondary N) is 1. The molecular formula is C13H20ClN3. The Kier molecular flexibility index (Phi) is 4.37. The lowest BCUT2D eigenvalue weighted by atomic mass is 10.00. The van der Waals surface area contributed by atoms with Crippen molar-refractivity contribution in [3.8, 4) is 0 Å². The van der Waals surface area contributed by atoms with E-state index >= 15 is 0 Å². The average molecular weight is 254 g/mol. The Balaban J connectivity index is 1.95. The molecule has 1 fully saturated rings. The minimum atomic E-state index is 0.597. The molecule has 0 bridgehead atoms. The molecule has 1 aliphatic rings. The van der Waals surface area contributed by atoms with E-state index < -0.39 is 0 Å². The number of halogens is 1. The van der Waals surface area contributed by atoms with Gasteiger partial charge in [-0.1, -0.05) is 18.0 Å². The summed E-state index contributed by atoms with van der Waals surface area (Å²) in [6.45, 7) is 5.32. The molecule has 0 amide bonds. The molecule has 0 aliphatic carbocycles. The van der Waals surface area contributed by atoms with Crippen molar-refractivity contribution in [3.63, 3.8) is 0 Å². The molecule has 17 heavy (non-hydrogen) atoms. The summed E-state index contributed by atoms with van der Waals surface area (Å²) < 4.78 is 0. The van der Waals surface area contributed by atoms with E-state index in [1.165, 1.54) is 19.3 Å². The Morgan fingerprint density at radius 2 is 2.12 bits per heavy atom. The fraction of sp³-hybridized carbons (Fsp3) is 0.615. The molecule has 1 saturated heterocycles. The van der Waals surface area contributed by atoms with Gasteiger partial charge < -0.3 is 0 Å². The quantitative estimate of drug-likeness (QED) is 0.898. The number of nitrogens with zero attached hydrogens (tertiary/aromatic N) is 2. The van der Waals surface area contributed by atoms with Gasteiger partial charge in [-0.15, -0.1) is 0 Å². The molecule has 0 aromatic carbocycles. The van der Waals surface area contributed by atoms with E-state index in [1.807, 2.05) is 6.07 Å². The highest BCUT2D eigenvalue weighted by molar-refractivity contribution is 6.31. The predicted molar refractivity (Wildman–Crippen MR) is 70.7 cm³/mol. The predicted octanol–water partition coefficient (Wildman–Crippen LogP) is 3.00. The standard InChI is InChI=1S/C13H20ClN3/c1-10-4-3-5-11(2)17(10)16-8-12-6-7-15-9-13(12)14/h6-7,9-11,16H,3-5,8H2,1-2H3. The lowest BCUT2D eigenvalue weighted by Gasteiger charge is -2.39. The summed E-state index contributed by atoms with van der Waals surface area (Å²) in [4.78, 5) is 4.00. The van der Waals surface area contributed by atoms with E-state index in [0.29, 0.717) is 12.1 Å². The highest BCUT2D eigenvalue weighted by atomic mass is 35.5. The molecule has 1 aromatic rings. The van der Waals surface area contributed by atoms with Gasteiger partial charge in [0.25, 0.3) is 0 Å². The third-order valence-corrected chi connectivity index (χ3v) is 3.84. The second kappa shape index (κ2) is 5.80. The van der Waals surface area contributed by atoms with Crippen molar-refractivity contribution in [2.45, 2.75) is 51.7 Å². The molecule has 0 spiro atoms. The molecule has 2 unspecified atom stereocenters. The van der Waals surface area contributed by atoms with Crippen LogP contribution in [0.1, 0.15) is 38.7 Å². The van der Waals surface area contributed by atoms with E-state index in [0.717, 1.165) is 17.1 Å². The number of hydrogen-bond acceptors (Lipinski definition) is 3. The van der Waals surface area contributed by atoms with Crippen molar-refractivity contribution >= 4 is 11.6 Å². The third kappa shape index (κ3) is 3.18. The Morgan fingerprint density at radius 3 is 2.76 bits per heavy atom. The summed E-state index contributed by atoms with van der Waals surface area (Å²) in [7, 11) is 0. The van der Waals surface area contributed by atoms with E-state index in [1.54, 1.807) is 12.4 Å². The number of aromatic nitrogens is 1. The zero-order chi connectivity index (χ0) is 12.3. The Morgan fingerprint density at radius 1 is 1.41 bits per heavy atom. The van der Waals surface area contributed by atoms with Gasteiger partial charge in [0.15, 0.2) is 0 Å². The summed E-state index contributed by atoms with van der Waals surface area (Å²) in [5.74, 6) is 0. The lowest BCUT2D eigenvalue weighted by Crippen LogP contribution is -2.51. The van der Waals surface area contributed by atoms with E-state index in [-0.39, 0.29) is 0 Å². The second-order valence-corrected chi connectivity index (χ2v) is 5.25. The van der Waals surface area contributed by atoms with Crippen molar-refractivity contribution in [3.05, 3.63) is 29.0 Å². The molecule has 2 atom stereocenters. The van der Waals surface area contributed by atoms with Crippen molar-refractivity contribution < 1.29 is 0 Å². The summed E-state index contributed by atoms with van der Waals surface area (Å²) in [5.41, 5.74) is 4.60. The van der Waals surface area contributed by atoms with Gasteiger partial charge in [0, 0.05) is 31.0 Å². The molecule has 3 nitrogen and oxygen atoms in total. The van der Waals surface area contributed by atoms with E-state index in [4.69, 9.17) is 11.6 Å². The second-order valence-electron chi connectivity index (χ2n) is 4.84. The van der Waals surface area contributed by atoms with Crippen LogP contribution in [-0.4, -0.2) is 22.1 Å². The monoisotopic (exact) mass is 253 g/mol. The maximum atomic E-state index is 6.09. The zero-order valence-corrected chi connectivity index (χ0v) is 11.2. The molecule has 4 heteroatoms. The first-order valence-electron chi connectivity index (χ1n) is 6.28. The molecular weight excluding hydrogens is 234 g/mol. The fourth-order valence-electron chi connectivity index (χ4n) is 2.46. The van der Waals surface area contributed by atoms with Gasteiger partial charge in [0.05, 0.1) is 5.02 Å². The van der Waals surface area contributed by atoms with Gasteiger partial charge >= 0.3 is 0 Å². The Hall–Kier alpha value is -0.640. The number of rotatable bonds is 3. The normalized spacial score (nSPS) is 26.1. The topological polar surface area (TPSA) is 28.2 Å². The highest BCUT2D eigenvalue weighted by Gasteiger charge is 2.24. The molecule has 0 saturated carbocycles. The van der Waals surface area contributed by atoms with Crippen LogP contribution in [0.15, 0.2) is 18.5 Å². The van der Waals surface area contributed by atoms with Gasteiger partial charge in [-0.2, -0.15) is 0 Å². The van der Waals surface area contributed by atoms with Crippen LogP contribution in [0.2, 0.25) is 5.02 Å². The molecule has 1 N–H and O–H groups in total. The lowest BCUT2D eigenvalue weighted by molar-refractivity contribution is 0.0435. The first kappa shape index (κ1) is 12.8. The molecule has 0 radical (unpaired) electrons. The first-order valence-corrected chi connectivity index (χ1v) is 6.66. The van der Waals surface area contributed by atoms with Crippen molar-refractivity contribution in [2.75, 3.05) is 0 Å². The van der Waals surface area contributed by atoms with Crippen LogP contribution in [-0.2, 0) is 6.54 Å². The van der Waals surface area contributed by atoms with Crippen LogP contribution < -0.4 is 5.43 Å². The van der Waals surface area contributed by atoms with E-state index in [9.17, 15) is 0 Å². The summed E-state index contributed by atoms with van der Waals surface area (Å²) >= 11 is 6.09. The van der Waals surface area contributed by atoms with Crippen LogP contribution in [0.5, 0.6) is 0 Å². The minimum Gasteiger partial charge on any atom is -0.263 e. The van der Waals surface area contributed by atoms with Crippen molar-refractivity contribution in [1.82, 2.24) is 15.4 Å². The summed E-state index contributed by atoms with van der Waals surface area (Å²) in [6.07, 6.45) is 7.34. The smallest absolute Gasteiger partial charge is 0.0634 e. The van der Waals surface area contributed by atoms with Crippen LogP contribution in [0.4, 0.5) is 0 Å². The maximum absolute atomic E-state index is 6.09. The van der Waals surface area contributed by atoms with Gasteiger partial charge in [0.1, 0.15) is 0 Å². The van der Waals surface area contributed by atoms with E-state index in [2.05, 4.69) is 29.3 Å². The maximum Gasteiger partial charge on any atom is 0.0634 e. The van der Waals surface area contributed by atoms with Crippen LogP contribution in [0.3, 0.4) is 0 Å². The number of hydrazine groups is 1. The summed E-state index contributed by atoms with van der Waals surface area (Å²) in [5, 5.41) is 3.09. The van der Waals surface area contributed by atoms with Crippen LogP contribution in [0, 0.1) is 0 Å². The summed E-state index contributed by atoms with van der Waals surface area (Å²) in [6, 6.07) is 3.16. The first-order chi connectivity index (χ1) is 8.18. The minimum absolute atomic E-state index is 0.597. The highest BCUT2D eigenvalue weighted by Crippen LogP contribution is 2.21. The van der Waals surface area contributed by atoms with Gasteiger partial charge in [-0.3, -0.25) is 10.4 Å². The van der Waals surface area contributed by atoms with Crippen molar-refractivity contribution in [2.24, 2.45) is 0 Å². The molecule has 2 rings (SSSR count). The van der Waals surface area contributed by atoms with Gasteiger partial charge in [-0.25, -0.2) is 5.01 Å². The SMILES string of the molecule is CC1CCCC(C)N1NCc1ccncc1Cl. The Bertz CT molecular complexity index is 359. The fourth-order valence-corrected chi connectivity index (χ4v) is 2.64. The van der Waals surface area contributed by atoms with Gasteiger partial charge in [0.2, 0.25) is 0 Å². The largest absolute Gasteiger partial charge is 0.263 e. The molecule has 94 valence electrons. The molecule has 1 aromatic heterocycles. The van der Waals surface area contributed by atoms with Crippen molar-refractivity contribution in [1.29, 1.82) is 0 Å². The third-order valence-electron chi connectivity index (χ3n) is 3.50. The zero-order valence-electron chi connectivity index (χ0n) is 10.5.